The SMILES string of the molecule is CC1C=C2N(N)C(=O)CCC2(C)C2CCC3(C)CC(=O)CC(C3)C12. The zero-order valence-corrected chi connectivity index (χ0v) is 15.2. The third kappa shape index (κ3) is 2.22. The van der Waals surface area contributed by atoms with E-state index in [1.165, 1.54) is 11.4 Å². The predicted octanol–water partition coefficient (Wildman–Crippen LogP) is 3.42. The molecule has 2 saturated carbocycles. The van der Waals surface area contributed by atoms with Crippen LogP contribution in [0.3, 0.4) is 0 Å². The summed E-state index contributed by atoms with van der Waals surface area (Å²) in [6.45, 7) is 6.89. The molecule has 4 heteroatoms. The molecule has 2 bridgehead atoms. The minimum Gasteiger partial charge on any atom is -0.300 e. The number of fused-ring (bicyclic) bond motifs is 6. The van der Waals surface area contributed by atoms with E-state index < -0.39 is 0 Å². The molecule has 132 valence electrons. The van der Waals surface area contributed by atoms with Crippen molar-refractivity contribution in [3.8, 4) is 0 Å². The van der Waals surface area contributed by atoms with Gasteiger partial charge >= 0.3 is 0 Å². The van der Waals surface area contributed by atoms with Crippen LogP contribution in [-0.2, 0) is 9.59 Å². The van der Waals surface area contributed by atoms with Crippen molar-refractivity contribution < 1.29 is 9.59 Å². The average molecular weight is 330 g/mol. The predicted molar refractivity (Wildman–Crippen MR) is 92.3 cm³/mol. The zero-order valence-electron chi connectivity index (χ0n) is 15.2. The number of amides is 1. The second-order valence-corrected chi connectivity index (χ2v) is 9.51. The van der Waals surface area contributed by atoms with E-state index in [9.17, 15) is 9.59 Å². The number of carbonyl (C=O) groups is 2. The third-order valence-electron chi connectivity index (χ3n) is 7.75. The van der Waals surface area contributed by atoms with Crippen molar-refractivity contribution in [2.45, 2.75) is 65.7 Å². The molecular formula is C20H30N2O2. The maximum atomic E-state index is 12.4. The summed E-state index contributed by atoms with van der Waals surface area (Å²) in [5.41, 5.74) is 1.21. The summed E-state index contributed by atoms with van der Waals surface area (Å²) in [5, 5.41) is 1.43. The third-order valence-corrected chi connectivity index (χ3v) is 7.75. The molecule has 0 spiro atoms. The van der Waals surface area contributed by atoms with Crippen molar-refractivity contribution in [2.24, 2.45) is 40.3 Å². The number of piperidine rings is 1. The van der Waals surface area contributed by atoms with Crippen molar-refractivity contribution in [3.05, 3.63) is 11.8 Å². The number of hydrogen-bond acceptors (Lipinski definition) is 3. The van der Waals surface area contributed by atoms with Crippen LogP contribution in [0.2, 0.25) is 0 Å². The molecular weight excluding hydrogens is 300 g/mol. The lowest BCUT2D eigenvalue weighted by Crippen LogP contribution is -2.54. The van der Waals surface area contributed by atoms with Gasteiger partial charge < -0.3 is 0 Å². The molecule has 0 radical (unpaired) electrons. The van der Waals surface area contributed by atoms with Gasteiger partial charge in [-0.25, -0.2) is 5.84 Å². The van der Waals surface area contributed by atoms with Crippen molar-refractivity contribution in [3.63, 3.8) is 0 Å². The van der Waals surface area contributed by atoms with E-state index in [4.69, 9.17) is 5.84 Å². The van der Waals surface area contributed by atoms with E-state index in [1.807, 2.05) is 0 Å². The van der Waals surface area contributed by atoms with E-state index >= 15 is 0 Å². The first kappa shape index (κ1) is 16.3. The van der Waals surface area contributed by atoms with E-state index in [2.05, 4.69) is 26.8 Å². The number of nitrogens with two attached hydrogens (primary N) is 1. The van der Waals surface area contributed by atoms with Gasteiger partial charge in [0.1, 0.15) is 5.78 Å². The molecule has 4 nitrogen and oxygen atoms in total. The number of Topliss-reactive ketones (excluding diaryl/α,β-unsaturated/α-hetero) is 1. The molecule has 1 aliphatic heterocycles. The molecule has 2 N–H and O–H groups in total. The van der Waals surface area contributed by atoms with Gasteiger partial charge in [0.2, 0.25) is 5.91 Å². The first-order valence-electron chi connectivity index (χ1n) is 9.55. The number of ketones is 1. The maximum Gasteiger partial charge on any atom is 0.240 e. The number of carbonyl (C=O) groups excluding carboxylic acids is 2. The van der Waals surface area contributed by atoms with Gasteiger partial charge in [0.15, 0.2) is 0 Å². The lowest BCUT2D eigenvalue weighted by molar-refractivity contribution is -0.136. The van der Waals surface area contributed by atoms with Crippen molar-refractivity contribution in [1.29, 1.82) is 0 Å². The summed E-state index contributed by atoms with van der Waals surface area (Å²) < 4.78 is 0. The Balaban J connectivity index is 1.78. The highest BCUT2D eigenvalue weighted by atomic mass is 16.2. The first-order chi connectivity index (χ1) is 11.2. The van der Waals surface area contributed by atoms with Gasteiger partial charge in [-0.15, -0.1) is 0 Å². The molecule has 4 aliphatic rings. The molecule has 24 heavy (non-hydrogen) atoms. The fourth-order valence-corrected chi connectivity index (χ4v) is 6.68. The summed E-state index contributed by atoms with van der Waals surface area (Å²) in [4.78, 5) is 24.5. The van der Waals surface area contributed by atoms with Crippen LogP contribution in [0, 0.1) is 34.5 Å². The summed E-state index contributed by atoms with van der Waals surface area (Å²) in [6, 6.07) is 0. The van der Waals surface area contributed by atoms with Crippen molar-refractivity contribution >= 4 is 11.7 Å². The van der Waals surface area contributed by atoms with Gasteiger partial charge in [-0.3, -0.25) is 14.6 Å². The van der Waals surface area contributed by atoms with Crippen LogP contribution in [0.1, 0.15) is 65.7 Å². The van der Waals surface area contributed by atoms with Crippen LogP contribution in [0.15, 0.2) is 11.8 Å². The molecule has 0 aromatic rings. The molecule has 6 atom stereocenters. The average Bonchev–Trinajstić information content (AvgIpc) is 2.60. The Morgan fingerprint density at radius 2 is 2.00 bits per heavy atom. The Morgan fingerprint density at radius 3 is 2.75 bits per heavy atom. The van der Waals surface area contributed by atoms with Gasteiger partial charge in [-0.2, -0.15) is 0 Å². The molecule has 3 fully saturated rings. The molecule has 0 aromatic carbocycles. The van der Waals surface area contributed by atoms with Crippen LogP contribution < -0.4 is 5.84 Å². The Bertz CT molecular complexity index is 627. The highest BCUT2D eigenvalue weighted by Gasteiger charge is 2.56. The standard InChI is InChI=1S/C20H30N2O2/c1-12-8-16-20(3,7-5-17(24)22(16)21)15-4-6-19(2)10-13(18(12)15)9-14(23)11-19/h8,12-13,15,18H,4-7,9-11,21H2,1-3H3. The highest BCUT2D eigenvalue weighted by molar-refractivity contribution is 5.80. The van der Waals surface area contributed by atoms with E-state index in [1.54, 1.807) is 0 Å². The molecule has 4 rings (SSSR count). The Morgan fingerprint density at radius 1 is 1.25 bits per heavy atom. The van der Waals surface area contributed by atoms with Gasteiger partial charge in [-0.1, -0.05) is 26.8 Å². The monoisotopic (exact) mass is 330 g/mol. The summed E-state index contributed by atoms with van der Waals surface area (Å²) in [5.74, 6) is 8.62. The van der Waals surface area contributed by atoms with Gasteiger partial charge in [0, 0.05) is 30.4 Å². The number of rotatable bonds is 0. The Hall–Kier alpha value is -1.16. The molecule has 1 amide bonds. The van der Waals surface area contributed by atoms with Gasteiger partial charge in [0.25, 0.3) is 0 Å². The second-order valence-electron chi connectivity index (χ2n) is 9.51. The summed E-state index contributed by atoms with van der Waals surface area (Å²) >= 11 is 0. The normalized spacial score (nSPS) is 48.3. The van der Waals surface area contributed by atoms with Crippen molar-refractivity contribution in [2.75, 3.05) is 0 Å². The first-order valence-corrected chi connectivity index (χ1v) is 9.55. The van der Waals surface area contributed by atoms with Crippen LogP contribution in [-0.4, -0.2) is 16.7 Å². The van der Waals surface area contributed by atoms with Gasteiger partial charge in [-0.05, 0) is 54.8 Å². The van der Waals surface area contributed by atoms with Crippen LogP contribution in [0.25, 0.3) is 0 Å². The minimum atomic E-state index is -0.0171. The maximum absolute atomic E-state index is 12.4. The number of nitrogens with zero attached hydrogens (tertiary/aromatic N) is 1. The van der Waals surface area contributed by atoms with Crippen LogP contribution in [0.4, 0.5) is 0 Å². The lowest BCUT2D eigenvalue weighted by Gasteiger charge is -2.54. The number of hydrazine groups is 1. The van der Waals surface area contributed by atoms with Crippen LogP contribution >= 0.6 is 0 Å². The number of hydrogen-bond donors (Lipinski definition) is 1. The minimum absolute atomic E-state index is 0.0171. The van der Waals surface area contributed by atoms with E-state index in [0.29, 0.717) is 35.9 Å². The number of allylic oxidation sites excluding steroid dienone is 2. The topological polar surface area (TPSA) is 63.4 Å². The molecule has 0 aromatic heterocycles. The second kappa shape index (κ2) is 5.17. The molecule has 3 aliphatic carbocycles. The molecule has 1 heterocycles. The Kier molecular flexibility index (Phi) is 3.51. The fourth-order valence-electron chi connectivity index (χ4n) is 6.68. The summed E-state index contributed by atoms with van der Waals surface area (Å²) in [7, 11) is 0. The highest BCUT2D eigenvalue weighted by Crippen LogP contribution is 2.61. The van der Waals surface area contributed by atoms with Crippen molar-refractivity contribution in [1.82, 2.24) is 5.01 Å². The van der Waals surface area contributed by atoms with Gasteiger partial charge in [0.05, 0.1) is 0 Å². The smallest absolute Gasteiger partial charge is 0.240 e. The summed E-state index contributed by atoms with van der Waals surface area (Å²) in [6.07, 6.45) is 8.69. The Labute approximate surface area is 144 Å². The fraction of sp³-hybridized carbons (Fsp3) is 0.800. The van der Waals surface area contributed by atoms with E-state index in [-0.39, 0.29) is 16.7 Å². The van der Waals surface area contributed by atoms with Crippen LogP contribution in [0.5, 0.6) is 0 Å². The lowest BCUT2D eigenvalue weighted by atomic mass is 9.54. The zero-order chi connectivity index (χ0) is 17.3. The quantitative estimate of drug-likeness (QED) is 0.547. The van der Waals surface area contributed by atoms with E-state index in [0.717, 1.165) is 37.8 Å². The largest absolute Gasteiger partial charge is 0.300 e. The molecule has 1 saturated heterocycles. The molecule has 6 unspecified atom stereocenters.